The van der Waals surface area contributed by atoms with Crippen LogP contribution in [0.25, 0.3) is 0 Å². The fourth-order valence-corrected chi connectivity index (χ4v) is 4.06. The quantitative estimate of drug-likeness (QED) is 0.184. The number of carbonyl (C=O) groups excluding carboxylic acids is 4. The van der Waals surface area contributed by atoms with Gasteiger partial charge in [0.2, 0.25) is 0 Å². The highest BCUT2D eigenvalue weighted by Gasteiger charge is 2.40. The first-order chi connectivity index (χ1) is 19.2. The molecule has 236 valence electrons. The Hall–Kier alpha value is -3.61. The van der Waals surface area contributed by atoms with E-state index in [1.54, 1.807) is 71.9 Å². The number of esters is 2. The fraction of sp³-hybridized carbons (Fsp3) is 0.621. The molecule has 0 saturated carbocycles. The Morgan fingerprint density at radius 1 is 0.881 bits per heavy atom. The van der Waals surface area contributed by atoms with Crippen molar-refractivity contribution in [2.24, 2.45) is 0 Å². The van der Waals surface area contributed by atoms with E-state index < -0.39 is 74.4 Å². The van der Waals surface area contributed by atoms with Crippen LogP contribution in [0.15, 0.2) is 30.3 Å². The van der Waals surface area contributed by atoms with Gasteiger partial charge in [-0.25, -0.2) is 19.2 Å². The Morgan fingerprint density at radius 3 is 1.95 bits per heavy atom. The van der Waals surface area contributed by atoms with Gasteiger partial charge < -0.3 is 29.4 Å². The maximum Gasteiger partial charge on any atom is 0.411 e. The molecule has 1 aromatic rings. The zero-order chi connectivity index (χ0) is 32.3. The van der Waals surface area contributed by atoms with Gasteiger partial charge in [0.1, 0.15) is 29.9 Å². The summed E-state index contributed by atoms with van der Waals surface area (Å²) in [6.45, 7) is 15.1. The van der Waals surface area contributed by atoms with Crippen molar-refractivity contribution in [2.45, 2.75) is 104 Å². The van der Waals surface area contributed by atoms with Gasteiger partial charge in [0.15, 0.2) is 0 Å². The number of rotatable bonds is 13. The molecule has 0 fully saturated rings. The molecule has 0 aliphatic heterocycles. The maximum absolute atomic E-state index is 13.4. The minimum absolute atomic E-state index is 0.0723. The van der Waals surface area contributed by atoms with Crippen LogP contribution in [0.1, 0.15) is 53.5 Å². The number of carbonyl (C=O) groups is 5. The maximum atomic E-state index is 13.4. The summed E-state index contributed by atoms with van der Waals surface area (Å²) in [5.74, 6) is -3.31. The second-order valence-electron chi connectivity index (χ2n) is 13.0. The van der Waals surface area contributed by atoms with E-state index >= 15 is 0 Å². The highest BCUT2D eigenvalue weighted by Crippen LogP contribution is 2.19. The lowest BCUT2D eigenvalue weighted by Gasteiger charge is -2.35. The predicted molar refractivity (Wildman–Crippen MR) is 157 cm³/mol. The Labute approximate surface area is 249 Å². The van der Waals surface area contributed by atoms with Crippen molar-refractivity contribution in [3.63, 3.8) is 0 Å². The largest absolute Gasteiger partial charge is 0.481 e. The summed E-state index contributed by atoms with van der Waals surface area (Å²) in [4.78, 5) is 65.1. The van der Waals surface area contributed by atoms with Crippen molar-refractivity contribution >= 4 is 38.2 Å². The van der Waals surface area contributed by atoms with Crippen molar-refractivity contribution < 1.29 is 48.0 Å². The number of hydrogen-bond acceptors (Lipinski definition) is 9. The number of nitrogens with one attached hydrogen (secondary N) is 1. The molecule has 2 atom stereocenters. The molecule has 2 amide bonds. The molecule has 0 bridgehead atoms. The van der Waals surface area contributed by atoms with Crippen LogP contribution in [-0.4, -0.2) is 84.6 Å². The van der Waals surface area contributed by atoms with E-state index in [2.05, 4.69) is 25.0 Å². The summed E-state index contributed by atoms with van der Waals surface area (Å²) in [7, 11) is -1.59. The van der Waals surface area contributed by atoms with Crippen LogP contribution in [0.3, 0.4) is 0 Å². The molecule has 0 radical (unpaired) electrons. The SMILES string of the molecule is CC(C)(C)OC(=O)[C@H](CC(=O)O)N(C[C@@H](NC(=O)OCc1ccccc1)C(=O)OCC[Si](C)(C)C)C(=O)OC(C)(C)C. The molecule has 1 rings (SSSR count). The van der Waals surface area contributed by atoms with E-state index in [9.17, 15) is 29.1 Å². The van der Waals surface area contributed by atoms with E-state index in [1.807, 2.05) is 0 Å². The lowest BCUT2D eigenvalue weighted by molar-refractivity contribution is -0.165. The molecule has 0 spiro atoms. The Morgan fingerprint density at radius 2 is 1.45 bits per heavy atom. The van der Waals surface area contributed by atoms with Crippen LogP contribution in [0.2, 0.25) is 25.7 Å². The molecule has 13 heteroatoms. The van der Waals surface area contributed by atoms with Gasteiger partial charge in [-0.1, -0.05) is 50.0 Å². The number of hydrogen-bond donors (Lipinski definition) is 2. The van der Waals surface area contributed by atoms with Crippen LogP contribution in [0.4, 0.5) is 9.59 Å². The van der Waals surface area contributed by atoms with E-state index in [-0.39, 0.29) is 13.2 Å². The summed E-state index contributed by atoms with van der Waals surface area (Å²) >= 11 is 0. The fourth-order valence-electron chi connectivity index (χ4n) is 3.35. The molecule has 0 saturated heterocycles. The minimum atomic E-state index is -1.68. The van der Waals surface area contributed by atoms with E-state index in [1.165, 1.54) is 0 Å². The standard InChI is InChI=1S/C29H46N2O10Si/c1-28(2,3)40-25(35)22(17-23(32)33)31(27(37)41-29(4,5)6)18-21(24(34)38-15-16-42(7,8)9)30-26(36)39-19-20-13-11-10-12-14-20/h10-14,21-22H,15-19H2,1-9H3,(H,30,36)(H,32,33)/t21-,22+/m1/s1. The molecule has 42 heavy (non-hydrogen) atoms. The van der Waals surface area contributed by atoms with Crippen LogP contribution in [0.5, 0.6) is 0 Å². The Balaban J connectivity index is 3.39. The molecule has 0 aromatic heterocycles. The second kappa shape index (κ2) is 15.6. The Kier molecular flexibility index (Phi) is 13.5. The normalized spacial score (nSPS) is 13.3. The smallest absolute Gasteiger partial charge is 0.411 e. The molecule has 2 N–H and O–H groups in total. The number of carboxylic acid groups (broad SMARTS) is 1. The third-order valence-electron chi connectivity index (χ3n) is 5.32. The van der Waals surface area contributed by atoms with Crippen LogP contribution >= 0.6 is 0 Å². The van der Waals surface area contributed by atoms with Crippen molar-refractivity contribution in [1.29, 1.82) is 0 Å². The summed E-state index contributed by atoms with van der Waals surface area (Å²) in [6, 6.07) is 6.27. The number of nitrogens with zero attached hydrogens (tertiary/aromatic N) is 1. The zero-order valence-electron chi connectivity index (χ0n) is 26.1. The van der Waals surface area contributed by atoms with Gasteiger partial charge in [-0.2, -0.15) is 0 Å². The second-order valence-corrected chi connectivity index (χ2v) is 18.6. The van der Waals surface area contributed by atoms with E-state index in [4.69, 9.17) is 18.9 Å². The predicted octanol–water partition coefficient (Wildman–Crippen LogP) is 4.58. The van der Waals surface area contributed by atoms with Crippen molar-refractivity contribution in [2.75, 3.05) is 13.2 Å². The Bertz CT molecular complexity index is 1070. The lowest BCUT2D eigenvalue weighted by atomic mass is 10.1. The van der Waals surface area contributed by atoms with Gasteiger partial charge in [0.25, 0.3) is 0 Å². The van der Waals surface area contributed by atoms with E-state index in [0.29, 0.717) is 11.6 Å². The highest BCUT2D eigenvalue weighted by molar-refractivity contribution is 6.76. The molecule has 1 aromatic carbocycles. The summed E-state index contributed by atoms with van der Waals surface area (Å²) in [5.41, 5.74) is -1.35. The molecule has 12 nitrogen and oxygen atoms in total. The van der Waals surface area contributed by atoms with Gasteiger partial charge in [0, 0.05) is 8.07 Å². The van der Waals surface area contributed by atoms with Gasteiger partial charge >= 0.3 is 30.1 Å². The summed E-state index contributed by atoms with van der Waals surface area (Å²) in [5, 5.41) is 12.0. The molecule has 0 heterocycles. The van der Waals surface area contributed by atoms with Gasteiger partial charge in [-0.05, 0) is 53.1 Å². The summed E-state index contributed by atoms with van der Waals surface area (Å²) < 4.78 is 21.6. The van der Waals surface area contributed by atoms with Crippen molar-refractivity contribution in [1.82, 2.24) is 10.2 Å². The number of benzene rings is 1. The first kappa shape index (κ1) is 36.4. The van der Waals surface area contributed by atoms with Gasteiger partial charge in [-0.3, -0.25) is 9.69 Å². The average molecular weight is 611 g/mol. The topological polar surface area (TPSA) is 158 Å². The highest BCUT2D eigenvalue weighted by atomic mass is 28.3. The average Bonchev–Trinajstić information content (AvgIpc) is 2.81. The number of alkyl carbamates (subject to hydrolysis) is 1. The first-order valence-electron chi connectivity index (χ1n) is 13.7. The molecular weight excluding hydrogens is 564 g/mol. The van der Waals surface area contributed by atoms with Crippen LogP contribution < -0.4 is 5.32 Å². The monoisotopic (exact) mass is 610 g/mol. The van der Waals surface area contributed by atoms with Crippen molar-refractivity contribution in [3.8, 4) is 0 Å². The van der Waals surface area contributed by atoms with Gasteiger partial charge in [-0.15, -0.1) is 0 Å². The molecular formula is C29H46N2O10Si. The third-order valence-corrected chi connectivity index (χ3v) is 7.02. The van der Waals surface area contributed by atoms with Crippen LogP contribution in [-0.2, 0) is 39.9 Å². The van der Waals surface area contributed by atoms with E-state index in [0.717, 1.165) is 4.90 Å². The molecule has 0 aliphatic rings. The number of ether oxygens (including phenoxy) is 4. The third kappa shape index (κ3) is 15.4. The van der Waals surface area contributed by atoms with Crippen LogP contribution in [0, 0.1) is 0 Å². The first-order valence-corrected chi connectivity index (χ1v) is 17.5. The zero-order valence-corrected chi connectivity index (χ0v) is 27.1. The lowest BCUT2D eigenvalue weighted by Crippen LogP contribution is -2.57. The number of carboxylic acids is 1. The molecule has 0 aliphatic carbocycles. The van der Waals surface area contributed by atoms with Crippen molar-refractivity contribution in [3.05, 3.63) is 35.9 Å². The molecule has 0 unspecified atom stereocenters. The number of amides is 2. The van der Waals surface area contributed by atoms with Gasteiger partial charge in [0.05, 0.1) is 19.6 Å². The minimum Gasteiger partial charge on any atom is -0.481 e. The summed E-state index contributed by atoms with van der Waals surface area (Å²) in [6.07, 6.45) is -2.91. The number of aliphatic carboxylic acids is 1.